The third-order valence-electron chi connectivity index (χ3n) is 2.21. The minimum absolute atomic E-state index is 0.0626. The Balaban J connectivity index is 2.66. The molecule has 0 saturated heterocycles. The van der Waals surface area contributed by atoms with Crippen LogP contribution in [0.1, 0.15) is 20.3 Å². The summed E-state index contributed by atoms with van der Waals surface area (Å²) in [6.07, 6.45) is 3.14. The second kappa shape index (κ2) is 5.99. The molecule has 7 heteroatoms. The first-order chi connectivity index (χ1) is 8.28. The molecule has 0 aliphatic carbocycles. The predicted octanol–water partition coefficient (Wildman–Crippen LogP) is 0.498. The van der Waals surface area contributed by atoms with Gasteiger partial charge in [0.2, 0.25) is 0 Å². The minimum Gasteiger partial charge on any atom is -0.381 e. The highest BCUT2D eigenvalue weighted by Crippen LogP contribution is 2.02. The van der Waals surface area contributed by atoms with Crippen molar-refractivity contribution < 1.29 is 8.42 Å². The zero-order valence-electron chi connectivity index (χ0n) is 10.9. The molecule has 6 nitrogen and oxygen atoms in total. The zero-order chi connectivity index (χ0) is 13.8. The largest absolute Gasteiger partial charge is 0.381 e. The van der Waals surface area contributed by atoms with Crippen molar-refractivity contribution in [1.82, 2.24) is 9.78 Å². The van der Waals surface area contributed by atoms with Crippen molar-refractivity contribution in [2.75, 3.05) is 17.3 Å². The van der Waals surface area contributed by atoms with E-state index < -0.39 is 9.84 Å². The van der Waals surface area contributed by atoms with E-state index in [1.807, 2.05) is 13.8 Å². The fraction of sp³-hybridized carbons (Fsp3) is 0.636. The Morgan fingerprint density at radius 2 is 2.11 bits per heavy atom. The topological polar surface area (TPSA) is 81.1 Å². The maximum atomic E-state index is 11.7. The summed E-state index contributed by atoms with van der Waals surface area (Å²) in [6, 6.07) is 1.69. The van der Waals surface area contributed by atoms with Crippen molar-refractivity contribution in [1.29, 1.82) is 0 Å². The Labute approximate surface area is 107 Å². The Kier molecular flexibility index (Phi) is 4.89. The molecule has 0 atom stereocenters. The Bertz CT molecular complexity index is 549. The lowest BCUT2D eigenvalue weighted by Crippen LogP contribution is -2.24. The van der Waals surface area contributed by atoms with Gasteiger partial charge in [0.15, 0.2) is 0 Å². The lowest BCUT2D eigenvalue weighted by atomic mass is 10.3. The van der Waals surface area contributed by atoms with Gasteiger partial charge in [0.1, 0.15) is 9.84 Å². The number of rotatable bonds is 6. The maximum Gasteiger partial charge on any atom is 0.268 e. The highest BCUT2D eigenvalue weighted by Gasteiger charge is 2.04. The second-order valence-electron chi connectivity index (χ2n) is 4.59. The molecule has 0 saturated carbocycles. The van der Waals surface area contributed by atoms with E-state index in [4.69, 9.17) is 0 Å². The first kappa shape index (κ1) is 14.7. The van der Waals surface area contributed by atoms with E-state index >= 15 is 0 Å². The molecule has 0 amide bonds. The number of hydrogen-bond donors (Lipinski definition) is 1. The molecule has 1 aromatic rings. The van der Waals surface area contributed by atoms with Crippen LogP contribution in [0.15, 0.2) is 17.1 Å². The second-order valence-corrected chi connectivity index (χ2v) is 6.85. The van der Waals surface area contributed by atoms with Crippen molar-refractivity contribution in [3.8, 4) is 0 Å². The van der Waals surface area contributed by atoms with Gasteiger partial charge in [0.25, 0.3) is 5.56 Å². The third-order valence-corrected chi connectivity index (χ3v) is 3.24. The highest BCUT2D eigenvalue weighted by molar-refractivity contribution is 7.90. The lowest BCUT2D eigenvalue weighted by molar-refractivity contribution is 0.556. The Morgan fingerprint density at radius 1 is 1.44 bits per heavy atom. The number of aryl methyl sites for hydroxylation is 1. The summed E-state index contributed by atoms with van der Waals surface area (Å²) in [5, 5.41) is 7.08. The average Bonchev–Trinajstić information content (AvgIpc) is 2.18. The number of hydrogen-bond acceptors (Lipinski definition) is 5. The summed E-state index contributed by atoms with van der Waals surface area (Å²) in [6.45, 7) is 4.25. The Hall–Kier alpha value is -1.37. The normalized spacial score (nSPS) is 11.8. The van der Waals surface area contributed by atoms with Crippen LogP contribution in [0.4, 0.5) is 5.69 Å². The van der Waals surface area contributed by atoms with Crippen LogP contribution < -0.4 is 10.9 Å². The van der Waals surface area contributed by atoms with E-state index in [2.05, 4.69) is 10.4 Å². The molecule has 0 unspecified atom stereocenters. The van der Waals surface area contributed by atoms with Crippen LogP contribution in [0.5, 0.6) is 0 Å². The molecule has 18 heavy (non-hydrogen) atoms. The number of anilines is 1. The van der Waals surface area contributed by atoms with Crippen LogP contribution in [0.3, 0.4) is 0 Å². The van der Waals surface area contributed by atoms with Gasteiger partial charge < -0.3 is 5.32 Å². The molecule has 102 valence electrons. The summed E-state index contributed by atoms with van der Waals surface area (Å²) in [5.41, 5.74) is 0.448. The smallest absolute Gasteiger partial charge is 0.268 e. The van der Waals surface area contributed by atoms with Crippen molar-refractivity contribution in [2.45, 2.75) is 32.9 Å². The predicted molar refractivity (Wildman–Crippen MR) is 71.6 cm³/mol. The number of aromatic nitrogens is 2. The number of sulfone groups is 1. The molecule has 0 fully saturated rings. The molecule has 0 aromatic carbocycles. The van der Waals surface area contributed by atoms with Crippen LogP contribution in [0.2, 0.25) is 0 Å². The molecule has 0 aliphatic heterocycles. The number of nitrogens with zero attached hydrogens (tertiary/aromatic N) is 2. The molecular formula is C11H19N3O3S. The minimum atomic E-state index is -2.99. The quantitative estimate of drug-likeness (QED) is 0.816. The van der Waals surface area contributed by atoms with Gasteiger partial charge in [-0.3, -0.25) is 4.79 Å². The van der Waals surface area contributed by atoms with Gasteiger partial charge in [-0.15, -0.1) is 0 Å². The molecule has 1 N–H and O–H groups in total. The molecule has 0 aliphatic rings. The van der Waals surface area contributed by atoms with Gasteiger partial charge in [-0.1, -0.05) is 0 Å². The van der Waals surface area contributed by atoms with E-state index in [0.29, 0.717) is 18.7 Å². The van der Waals surface area contributed by atoms with E-state index in [9.17, 15) is 13.2 Å². The lowest BCUT2D eigenvalue weighted by Gasteiger charge is -2.10. The van der Waals surface area contributed by atoms with E-state index in [-0.39, 0.29) is 17.4 Å². The highest BCUT2D eigenvalue weighted by atomic mass is 32.2. The van der Waals surface area contributed by atoms with Gasteiger partial charge in [-0.2, -0.15) is 5.10 Å². The standard InChI is InChI=1S/C11H19N3O3S/c1-9(2)13-10-7-11(15)14(12-8-10)5-4-6-18(3,16)17/h7-9,13H,4-6H2,1-3H3. The van der Waals surface area contributed by atoms with Crippen LogP contribution >= 0.6 is 0 Å². The number of nitrogens with one attached hydrogen (secondary N) is 1. The summed E-state index contributed by atoms with van der Waals surface area (Å²) in [7, 11) is -2.99. The summed E-state index contributed by atoms with van der Waals surface area (Å²) >= 11 is 0. The first-order valence-corrected chi connectivity index (χ1v) is 7.85. The Morgan fingerprint density at radius 3 is 2.61 bits per heavy atom. The van der Waals surface area contributed by atoms with Crippen LogP contribution in [-0.2, 0) is 16.4 Å². The van der Waals surface area contributed by atoms with Crippen molar-refractivity contribution in [3.05, 3.63) is 22.6 Å². The monoisotopic (exact) mass is 273 g/mol. The molecule has 1 heterocycles. The maximum absolute atomic E-state index is 11.7. The fourth-order valence-electron chi connectivity index (χ4n) is 1.49. The van der Waals surface area contributed by atoms with Gasteiger partial charge in [0, 0.05) is 24.9 Å². The molecule has 0 radical (unpaired) electrons. The summed E-state index contributed by atoms with van der Waals surface area (Å²) in [4.78, 5) is 11.7. The van der Waals surface area contributed by atoms with Gasteiger partial charge in [-0.25, -0.2) is 13.1 Å². The third kappa shape index (κ3) is 5.31. The van der Waals surface area contributed by atoms with E-state index in [0.717, 1.165) is 0 Å². The molecule has 1 aromatic heterocycles. The SMILES string of the molecule is CC(C)Nc1cnn(CCCS(C)(=O)=O)c(=O)c1. The van der Waals surface area contributed by atoms with Gasteiger partial charge in [0.05, 0.1) is 17.6 Å². The average molecular weight is 273 g/mol. The van der Waals surface area contributed by atoms with Crippen LogP contribution in [-0.4, -0.2) is 36.2 Å². The molecular weight excluding hydrogens is 254 g/mol. The van der Waals surface area contributed by atoms with Gasteiger partial charge in [-0.05, 0) is 20.3 Å². The van der Waals surface area contributed by atoms with E-state index in [1.165, 1.54) is 17.0 Å². The zero-order valence-corrected chi connectivity index (χ0v) is 11.7. The fourth-order valence-corrected chi connectivity index (χ4v) is 2.14. The van der Waals surface area contributed by atoms with E-state index in [1.54, 1.807) is 6.20 Å². The van der Waals surface area contributed by atoms with Crippen LogP contribution in [0.25, 0.3) is 0 Å². The van der Waals surface area contributed by atoms with Crippen LogP contribution in [0, 0.1) is 0 Å². The van der Waals surface area contributed by atoms with Crippen molar-refractivity contribution >= 4 is 15.5 Å². The molecule has 0 bridgehead atoms. The summed E-state index contributed by atoms with van der Waals surface area (Å²) < 4.78 is 23.2. The first-order valence-electron chi connectivity index (χ1n) is 5.79. The van der Waals surface area contributed by atoms with Crippen molar-refractivity contribution in [3.63, 3.8) is 0 Å². The molecule has 0 spiro atoms. The summed E-state index contributed by atoms with van der Waals surface area (Å²) in [5.74, 6) is 0.0626. The van der Waals surface area contributed by atoms with Gasteiger partial charge >= 0.3 is 0 Å². The molecule has 1 rings (SSSR count). The van der Waals surface area contributed by atoms with Crippen molar-refractivity contribution in [2.24, 2.45) is 0 Å².